The van der Waals surface area contributed by atoms with Crippen LogP contribution < -0.4 is 16.0 Å². The average molecular weight is 464 g/mol. The maximum Gasteiger partial charge on any atom is 0.191 e. The molecule has 0 atom stereocenters. The lowest BCUT2D eigenvalue weighted by Crippen LogP contribution is -2.38. The third-order valence-corrected chi connectivity index (χ3v) is 3.24. The van der Waals surface area contributed by atoms with Crippen LogP contribution in [0.15, 0.2) is 35.3 Å². The molecule has 1 aromatic carbocycles. The highest BCUT2D eigenvalue weighted by Crippen LogP contribution is 2.04. The molecule has 0 radical (unpaired) electrons. The molecule has 1 aromatic rings. The van der Waals surface area contributed by atoms with Crippen molar-refractivity contribution in [2.75, 3.05) is 58.4 Å². The van der Waals surface area contributed by atoms with Gasteiger partial charge in [-0.3, -0.25) is 4.99 Å². The first-order valence-corrected chi connectivity index (χ1v) is 8.74. The Kier molecular flexibility index (Phi) is 17.0. The quantitative estimate of drug-likeness (QED) is 0.181. The molecule has 0 aliphatic carbocycles. The predicted molar refractivity (Wildman–Crippen MR) is 116 cm³/mol. The van der Waals surface area contributed by atoms with Gasteiger partial charge in [0.25, 0.3) is 0 Å². The van der Waals surface area contributed by atoms with E-state index < -0.39 is 0 Å². The highest BCUT2D eigenvalue weighted by Gasteiger charge is 1.97. The number of rotatable bonds is 13. The molecule has 0 aromatic heterocycles. The van der Waals surface area contributed by atoms with Gasteiger partial charge >= 0.3 is 0 Å². The van der Waals surface area contributed by atoms with Gasteiger partial charge in [0.2, 0.25) is 0 Å². The molecule has 7 heteroatoms. The van der Waals surface area contributed by atoms with E-state index >= 15 is 0 Å². The first-order valence-electron chi connectivity index (χ1n) is 8.74. The van der Waals surface area contributed by atoms with Crippen molar-refractivity contribution in [1.29, 1.82) is 0 Å². The minimum Gasteiger partial charge on any atom is -0.385 e. The van der Waals surface area contributed by atoms with Crippen molar-refractivity contribution in [3.8, 4) is 0 Å². The van der Waals surface area contributed by atoms with Crippen molar-refractivity contribution in [1.82, 2.24) is 10.6 Å². The molecule has 0 saturated heterocycles. The zero-order valence-electron chi connectivity index (χ0n) is 15.4. The van der Waals surface area contributed by atoms with E-state index in [1.807, 2.05) is 18.2 Å². The van der Waals surface area contributed by atoms with Crippen molar-refractivity contribution in [3.05, 3.63) is 30.3 Å². The topological polar surface area (TPSA) is 66.9 Å². The third-order valence-electron chi connectivity index (χ3n) is 3.24. The van der Waals surface area contributed by atoms with E-state index in [2.05, 4.69) is 40.0 Å². The van der Waals surface area contributed by atoms with Gasteiger partial charge in [-0.1, -0.05) is 18.2 Å². The van der Waals surface area contributed by atoms with Crippen LogP contribution >= 0.6 is 24.0 Å². The van der Waals surface area contributed by atoms with Gasteiger partial charge in [-0.2, -0.15) is 0 Å². The summed E-state index contributed by atoms with van der Waals surface area (Å²) in [5, 5.41) is 9.98. The van der Waals surface area contributed by atoms with E-state index in [0.717, 1.165) is 57.3 Å². The van der Waals surface area contributed by atoms with E-state index in [1.54, 1.807) is 7.11 Å². The molecule has 0 saturated carbocycles. The smallest absolute Gasteiger partial charge is 0.191 e. The summed E-state index contributed by atoms with van der Waals surface area (Å²) < 4.78 is 10.4. The van der Waals surface area contributed by atoms with E-state index in [1.165, 1.54) is 0 Å². The minimum atomic E-state index is 0. The van der Waals surface area contributed by atoms with Crippen molar-refractivity contribution >= 4 is 35.6 Å². The minimum absolute atomic E-state index is 0. The van der Waals surface area contributed by atoms with Gasteiger partial charge in [0.1, 0.15) is 0 Å². The molecule has 0 unspecified atom stereocenters. The summed E-state index contributed by atoms with van der Waals surface area (Å²) in [6.45, 7) is 7.52. The van der Waals surface area contributed by atoms with Crippen LogP contribution in [0.4, 0.5) is 5.69 Å². The number of anilines is 1. The van der Waals surface area contributed by atoms with Gasteiger partial charge in [-0.15, -0.1) is 24.0 Å². The van der Waals surface area contributed by atoms with Gasteiger partial charge in [0, 0.05) is 45.6 Å². The lowest BCUT2D eigenvalue weighted by atomic mass is 10.3. The molecule has 3 N–H and O–H groups in total. The maximum atomic E-state index is 5.44. The average Bonchev–Trinajstić information content (AvgIpc) is 2.61. The van der Waals surface area contributed by atoms with Gasteiger partial charge in [-0.05, 0) is 31.9 Å². The molecule has 25 heavy (non-hydrogen) atoms. The number of hydrogen-bond donors (Lipinski definition) is 3. The van der Waals surface area contributed by atoms with Crippen LogP contribution in [0.25, 0.3) is 0 Å². The molecule has 144 valence electrons. The summed E-state index contributed by atoms with van der Waals surface area (Å²) in [6.07, 6.45) is 1.94. The number of para-hydroxylation sites is 1. The summed E-state index contributed by atoms with van der Waals surface area (Å²) in [7, 11) is 1.68. The van der Waals surface area contributed by atoms with Crippen LogP contribution in [-0.2, 0) is 9.47 Å². The summed E-state index contributed by atoms with van der Waals surface area (Å²) in [5.74, 6) is 0.870. The van der Waals surface area contributed by atoms with Gasteiger partial charge in [0.15, 0.2) is 5.96 Å². The zero-order valence-corrected chi connectivity index (χ0v) is 17.8. The Morgan fingerprint density at radius 3 is 2.52 bits per heavy atom. The summed E-state index contributed by atoms with van der Waals surface area (Å²) in [6, 6.07) is 10.2. The Morgan fingerprint density at radius 2 is 1.80 bits per heavy atom. The van der Waals surface area contributed by atoms with Crippen molar-refractivity contribution in [2.45, 2.75) is 19.8 Å². The second-order valence-corrected chi connectivity index (χ2v) is 5.29. The number of aliphatic imine (C=N–C) groups is 1. The second-order valence-electron chi connectivity index (χ2n) is 5.29. The van der Waals surface area contributed by atoms with E-state index in [4.69, 9.17) is 9.47 Å². The van der Waals surface area contributed by atoms with Crippen LogP contribution in [0.2, 0.25) is 0 Å². The molecular formula is C18H33IN4O2. The lowest BCUT2D eigenvalue weighted by molar-refractivity contribution is 0.0698. The number of halogens is 1. The fraction of sp³-hybridized carbons (Fsp3) is 0.611. The summed E-state index contributed by atoms with van der Waals surface area (Å²) >= 11 is 0. The van der Waals surface area contributed by atoms with Crippen LogP contribution in [0, 0.1) is 0 Å². The summed E-state index contributed by atoms with van der Waals surface area (Å²) in [5.41, 5.74) is 1.15. The normalized spacial score (nSPS) is 10.9. The molecule has 0 amide bonds. The Morgan fingerprint density at radius 1 is 1.00 bits per heavy atom. The lowest BCUT2D eigenvalue weighted by Gasteiger charge is -2.11. The molecule has 1 rings (SSSR count). The van der Waals surface area contributed by atoms with Crippen LogP contribution in [-0.4, -0.2) is 59.1 Å². The Bertz CT molecular complexity index is 432. The van der Waals surface area contributed by atoms with Crippen LogP contribution in [0.1, 0.15) is 19.8 Å². The molecule has 0 bridgehead atoms. The van der Waals surface area contributed by atoms with Gasteiger partial charge in [-0.25, -0.2) is 0 Å². The largest absolute Gasteiger partial charge is 0.385 e. The number of nitrogens with zero attached hydrogens (tertiary/aromatic N) is 1. The molecule has 0 aliphatic rings. The van der Waals surface area contributed by atoms with Gasteiger partial charge < -0.3 is 25.4 Å². The fourth-order valence-corrected chi connectivity index (χ4v) is 2.03. The molecule has 6 nitrogen and oxygen atoms in total. The second kappa shape index (κ2) is 17.8. The number of hydrogen-bond acceptors (Lipinski definition) is 4. The van der Waals surface area contributed by atoms with E-state index in [-0.39, 0.29) is 24.0 Å². The number of ether oxygens (including phenoxy) is 2. The van der Waals surface area contributed by atoms with Crippen molar-refractivity contribution in [2.24, 2.45) is 4.99 Å². The highest BCUT2D eigenvalue weighted by atomic mass is 127. The number of nitrogens with one attached hydrogen (secondary N) is 3. The standard InChI is InChI=1S/C18H32N4O2.HI/c1-3-19-18(22-13-8-14-24-16-15-23-2)21-12-7-11-20-17-9-5-4-6-10-17;/h4-6,9-10,20H,3,7-8,11-16H2,1-2H3,(H2,19,21,22);1H. The molecule has 0 aliphatic heterocycles. The van der Waals surface area contributed by atoms with E-state index in [9.17, 15) is 0 Å². The number of guanidine groups is 1. The van der Waals surface area contributed by atoms with Crippen LogP contribution in [0.3, 0.4) is 0 Å². The first kappa shape index (κ1) is 23.9. The predicted octanol–water partition coefficient (Wildman–Crippen LogP) is 2.71. The Hall–Kier alpha value is -1.06. The Balaban J connectivity index is 0.00000576. The monoisotopic (exact) mass is 464 g/mol. The zero-order chi connectivity index (χ0) is 17.3. The molecule has 0 spiro atoms. The Labute approximate surface area is 169 Å². The summed E-state index contributed by atoms with van der Waals surface area (Å²) in [4.78, 5) is 4.59. The highest BCUT2D eigenvalue weighted by molar-refractivity contribution is 14.0. The van der Waals surface area contributed by atoms with Crippen LogP contribution in [0.5, 0.6) is 0 Å². The van der Waals surface area contributed by atoms with Crippen molar-refractivity contribution < 1.29 is 9.47 Å². The first-order chi connectivity index (χ1) is 11.9. The SMILES string of the molecule is CCNC(=NCCCNc1ccccc1)NCCCOCCOC.I. The van der Waals surface area contributed by atoms with Crippen molar-refractivity contribution in [3.63, 3.8) is 0 Å². The molecule has 0 fully saturated rings. The molecular weight excluding hydrogens is 431 g/mol. The number of benzene rings is 1. The molecule has 0 heterocycles. The van der Waals surface area contributed by atoms with Gasteiger partial charge in [0.05, 0.1) is 13.2 Å². The van der Waals surface area contributed by atoms with E-state index in [0.29, 0.717) is 13.2 Å². The third kappa shape index (κ3) is 13.9. The fourth-order valence-electron chi connectivity index (χ4n) is 2.03. The maximum absolute atomic E-state index is 5.44. The number of methoxy groups -OCH3 is 1.